The first-order valence-corrected chi connectivity index (χ1v) is 9.89. The molecule has 0 aromatic heterocycles. The van der Waals surface area contributed by atoms with Crippen LogP contribution in [0, 0.1) is 10.8 Å². The van der Waals surface area contributed by atoms with Crippen molar-refractivity contribution in [1.82, 2.24) is 0 Å². The van der Waals surface area contributed by atoms with E-state index in [1.165, 1.54) is 0 Å². The molecule has 28 heavy (non-hydrogen) atoms. The zero-order valence-electron chi connectivity index (χ0n) is 16.0. The lowest BCUT2D eigenvalue weighted by Crippen LogP contribution is -2.42. The Morgan fingerprint density at radius 2 is 1.11 bits per heavy atom. The largest absolute Gasteiger partial charge is 0.509 e. The molecular weight excluding hydrogens is 352 g/mol. The summed E-state index contributed by atoms with van der Waals surface area (Å²) in [5.74, 6) is 0.130. The van der Waals surface area contributed by atoms with E-state index in [0.717, 1.165) is 22.3 Å². The van der Waals surface area contributed by atoms with Gasteiger partial charge in [-0.25, -0.2) is 4.79 Å². The lowest BCUT2D eigenvalue weighted by Gasteiger charge is -2.37. The van der Waals surface area contributed by atoms with Crippen LogP contribution in [0.15, 0.2) is 60.7 Å². The van der Waals surface area contributed by atoms with Crippen molar-refractivity contribution in [3.8, 4) is 0 Å². The van der Waals surface area contributed by atoms with Gasteiger partial charge in [-0.2, -0.15) is 0 Å². The highest BCUT2D eigenvalue weighted by molar-refractivity contribution is 6.24. The third-order valence-electron chi connectivity index (χ3n) is 6.89. The summed E-state index contributed by atoms with van der Waals surface area (Å²) in [7, 11) is 0. The fraction of sp³-hybridized carbons (Fsp3) is 0.333. The molecule has 4 nitrogen and oxygen atoms in total. The zero-order valence-corrected chi connectivity index (χ0v) is 16.0. The molecule has 2 aromatic carbocycles. The van der Waals surface area contributed by atoms with Gasteiger partial charge < -0.3 is 9.47 Å². The van der Waals surface area contributed by atoms with E-state index in [1.54, 1.807) is 0 Å². The summed E-state index contributed by atoms with van der Waals surface area (Å²) >= 11 is 0. The van der Waals surface area contributed by atoms with Gasteiger partial charge in [-0.15, -0.1) is 0 Å². The molecule has 0 amide bonds. The van der Waals surface area contributed by atoms with E-state index in [4.69, 9.17) is 9.47 Å². The number of Topliss-reactive ketones (excluding diaryl/α,β-unsaturated/α-hetero) is 1. The Balaban J connectivity index is 1.90. The number of rotatable bonds is 4. The molecule has 0 radical (unpaired) electrons. The Hall–Kier alpha value is -2.88. The lowest BCUT2D eigenvalue weighted by molar-refractivity contribution is -0.131. The Morgan fingerprint density at radius 1 is 0.714 bits per heavy atom. The van der Waals surface area contributed by atoms with Crippen molar-refractivity contribution in [2.45, 2.75) is 38.9 Å². The van der Waals surface area contributed by atoms with E-state index in [0.29, 0.717) is 12.8 Å². The molecular formula is C24H22O4. The maximum absolute atomic E-state index is 14.0. The van der Waals surface area contributed by atoms with Crippen molar-refractivity contribution < 1.29 is 19.1 Å². The molecule has 3 aliphatic rings. The number of ether oxygens (including phenoxy) is 2. The SMILES string of the molecule is CC[C@]12C(=O)[C@](CC)(C(c3ccccc3)=C1c1ccccc1)C1OC(=O)OC12. The minimum absolute atomic E-state index is 0.130. The van der Waals surface area contributed by atoms with Crippen molar-refractivity contribution >= 4 is 23.1 Å². The second-order valence-electron chi connectivity index (χ2n) is 7.79. The van der Waals surface area contributed by atoms with Crippen LogP contribution < -0.4 is 0 Å². The highest BCUT2D eigenvalue weighted by Crippen LogP contribution is 2.71. The second-order valence-corrected chi connectivity index (χ2v) is 7.79. The Bertz CT molecular complexity index is 916. The third-order valence-corrected chi connectivity index (χ3v) is 6.89. The van der Waals surface area contributed by atoms with Gasteiger partial charge in [0.05, 0.1) is 10.8 Å². The van der Waals surface area contributed by atoms with Gasteiger partial charge in [-0.05, 0) is 35.1 Å². The van der Waals surface area contributed by atoms with Gasteiger partial charge in [0.15, 0.2) is 18.0 Å². The molecule has 1 saturated carbocycles. The quantitative estimate of drug-likeness (QED) is 0.715. The molecule has 2 aliphatic carbocycles. The van der Waals surface area contributed by atoms with Crippen molar-refractivity contribution in [3.05, 3.63) is 71.8 Å². The molecule has 2 aromatic rings. The standard InChI is InChI=1S/C24H22O4/c1-3-23-17(15-11-7-5-8-12-15)18(16-13-9-6-10-14-16)24(4-2,21(23)25)20-19(23)27-22(26)28-20/h5-14,19-20H,3-4H2,1-2H3/t19?,20?,23-,24+. The van der Waals surface area contributed by atoms with Gasteiger partial charge in [-0.3, -0.25) is 4.79 Å². The van der Waals surface area contributed by atoms with Gasteiger partial charge in [0.1, 0.15) is 0 Å². The predicted molar refractivity (Wildman–Crippen MR) is 105 cm³/mol. The van der Waals surface area contributed by atoms with E-state index in [9.17, 15) is 9.59 Å². The smallest absolute Gasteiger partial charge is 0.426 e. The molecule has 0 spiro atoms. The number of benzene rings is 2. The maximum atomic E-state index is 14.0. The van der Waals surface area contributed by atoms with Gasteiger partial charge in [0.2, 0.25) is 0 Å². The second kappa shape index (κ2) is 5.81. The summed E-state index contributed by atoms with van der Waals surface area (Å²) in [6.45, 7) is 4.01. The maximum Gasteiger partial charge on any atom is 0.509 e. The molecule has 1 saturated heterocycles. The van der Waals surface area contributed by atoms with E-state index in [1.807, 2.05) is 74.5 Å². The molecule has 2 bridgehead atoms. The number of fused-ring (bicyclic) bond motifs is 5. The first kappa shape index (κ1) is 17.2. The summed E-state index contributed by atoms with van der Waals surface area (Å²) in [5, 5.41) is 0. The summed E-state index contributed by atoms with van der Waals surface area (Å²) in [6.07, 6.45) is -0.683. The van der Waals surface area contributed by atoms with Gasteiger partial charge in [-0.1, -0.05) is 74.5 Å². The average Bonchev–Trinajstić information content (AvgIpc) is 3.30. The first-order valence-electron chi connectivity index (χ1n) is 9.89. The zero-order chi connectivity index (χ0) is 19.5. The summed E-state index contributed by atoms with van der Waals surface area (Å²) in [4.78, 5) is 26.2. The Morgan fingerprint density at radius 3 is 1.46 bits per heavy atom. The molecule has 1 aliphatic heterocycles. The van der Waals surface area contributed by atoms with Crippen LogP contribution in [0.25, 0.3) is 11.1 Å². The van der Waals surface area contributed by atoms with Crippen molar-refractivity contribution in [2.75, 3.05) is 0 Å². The average molecular weight is 374 g/mol. The van der Waals surface area contributed by atoms with Gasteiger partial charge in [0.25, 0.3) is 0 Å². The number of carbonyl (C=O) groups excluding carboxylic acids is 2. The summed E-state index contributed by atoms with van der Waals surface area (Å²) in [5.41, 5.74) is 2.25. The summed E-state index contributed by atoms with van der Waals surface area (Å²) in [6, 6.07) is 20.0. The van der Waals surface area contributed by atoms with Crippen LogP contribution in [0.4, 0.5) is 4.79 Å². The predicted octanol–water partition coefficient (Wildman–Crippen LogP) is 4.89. The van der Waals surface area contributed by atoms with E-state index in [2.05, 4.69) is 0 Å². The summed E-state index contributed by atoms with van der Waals surface area (Å²) < 4.78 is 11.3. The molecule has 0 N–H and O–H groups in total. The van der Waals surface area contributed by atoms with E-state index < -0.39 is 29.2 Å². The molecule has 4 heteroatoms. The highest BCUT2D eigenvalue weighted by atomic mass is 16.8. The molecule has 4 atom stereocenters. The van der Waals surface area contributed by atoms with Gasteiger partial charge in [0, 0.05) is 0 Å². The third kappa shape index (κ3) is 1.81. The monoisotopic (exact) mass is 374 g/mol. The lowest BCUT2D eigenvalue weighted by atomic mass is 9.67. The van der Waals surface area contributed by atoms with Crippen LogP contribution in [0.5, 0.6) is 0 Å². The number of carbonyl (C=O) groups is 2. The molecule has 5 rings (SSSR count). The molecule has 142 valence electrons. The molecule has 1 heterocycles. The highest BCUT2D eigenvalue weighted by Gasteiger charge is 2.79. The van der Waals surface area contributed by atoms with Gasteiger partial charge >= 0.3 is 6.16 Å². The van der Waals surface area contributed by atoms with Crippen LogP contribution in [0.3, 0.4) is 0 Å². The minimum Gasteiger partial charge on any atom is -0.426 e. The van der Waals surface area contributed by atoms with Crippen molar-refractivity contribution in [1.29, 1.82) is 0 Å². The normalized spacial score (nSPS) is 33.1. The Labute approximate surface area is 164 Å². The van der Waals surface area contributed by atoms with Crippen LogP contribution >= 0.6 is 0 Å². The number of hydrogen-bond acceptors (Lipinski definition) is 4. The Kier molecular flexibility index (Phi) is 3.57. The van der Waals surface area contributed by atoms with Crippen LogP contribution in [-0.2, 0) is 14.3 Å². The fourth-order valence-corrected chi connectivity index (χ4v) is 5.78. The molecule has 2 fully saturated rings. The molecule has 2 unspecified atom stereocenters. The number of hydrogen-bond donors (Lipinski definition) is 0. The van der Waals surface area contributed by atoms with Crippen molar-refractivity contribution in [3.63, 3.8) is 0 Å². The first-order chi connectivity index (χ1) is 13.6. The van der Waals surface area contributed by atoms with Crippen LogP contribution in [-0.4, -0.2) is 24.1 Å². The van der Waals surface area contributed by atoms with E-state index in [-0.39, 0.29) is 5.78 Å². The fourth-order valence-electron chi connectivity index (χ4n) is 5.78. The minimum atomic E-state index is -0.876. The van der Waals surface area contributed by atoms with E-state index >= 15 is 0 Å². The number of ketones is 1. The topological polar surface area (TPSA) is 52.6 Å². The van der Waals surface area contributed by atoms with Crippen molar-refractivity contribution in [2.24, 2.45) is 10.8 Å². The van der Waals surface area contributed by atoms with Crippen LogP contribution in [0.2, 0.25) is 0 Å². The van der Waals surface area contributed by atoms with Crippen LogP contribution in [0.1, 0.15) is 37.8 Å².